The summed E-state index contributed by atoms with van der Waals surface area (Å²) in [5, 5.41) is 15.0. The van der Waals surface area contributed by atoms with Crippen LogP contribution in [0.15, 0.2) is 108 Å². The van der Waals surface area contributed by atoms with Crippen LogP contribution in [0.25, 0.3) is 0 Å². The van der Waals surface area contributed by atoms with Crippen molar-refractivity contribution in [2.45, 2.75) is 67.9 Å². The fourth-order valence-corrected chi connectivity index (χ4v) is 8.28. The highest BCUT2D eigenvalue weighted by atomic mass is 33.1. The Morgan fingerprint density at radius 1 is 0.863 bits per heavy atom. The number of pyridine rings is 1. The van der Waals surface area contributed by atoms with Gasteiger partial charge in [-0.25, -0.2) is 4.98 Å². The molecule has 1 aromatic heterocycles. The highest BCUT2D eigenvalue weighted by molar-refractivity contribution is 8.76. The van der Waals surface area contributed by atoms with Crippen LogP contribution < -0.4 is 14.8 Å². The topological polar surface area (TPSA) is 110 Å². The first-order valence-corrected chi connectivity index (χ1v) is 19.7. The highest BCUT2D eigenvalue weighted by Gasteiger charge is 2.51. The van der Waals surface area contributed by atoms with Crippen LogP contribution in [0.3, 0.4) is 0 Å². The lowest BCUT2D eigenvalue weighted by Crippen LogP contribution is -2.52. The number of amides is 2. The second-order valence-electron chi connectivity index (χ2n) is 12.4. The maximum atomic E-state index is 14.0. The van der Waals surface area contributed by atoms with E-state index < -0.39 is 17.7 Å². The van der Waals surface area contributed by atoms with Crippen molar-refractivity contribution in [2.75, 3.05) is 33.1 Å². The third kappa shape index (κ3) is 10.5. The number of carbonyl (C=O) groups is 2. The number of unbranched alkanes of at least 4 members (excludes halogenated alkanes) is 2. The molecule has 5 rings (SSSR count). The molecule has 2 atom stereocenters. The number of hydrogen-bond donors (Lipinski definition) is 2. The molecule has 51 heavy (non-hydrogen) atoms. The van der Waals surface area contributed by atoms with Gasteiger partial charge in [-0.05, 0) is 83.1 Å². The van der Waals surface area contributed by atoms with E-state index in [0.29, 0.717) is 56.1 Å². The third-order valence-corrected chi connectivity index (χ3v) is 11.3. The Morgan fingerprint density at radius 2 is 1.53 bits per heavy atom. The van der Waals surface area contributed by atoms with Crippen LogP contribution in [0.5, 0.6) is 11.5 Å². The molecule has 270 valence electrons. The van der Waals surface area contributed by atoms with Gasteiger partial charge in [-0.1, -0.05) is 77.9 Å². The summed E-state index contributed by atoms with van der Waals surface area (Å²) in [4.78, 5) is 32.4. The summed E-state index contributed by atoms with van der Waals surface area (Å²) in [5.41, 5.74) is 1.59. The Hall–Kier alpha value is -4.03. The smallest absolute Gasteiger partial charge is 0.223 e. The average Bonchev–Trinajstić information content (AvgIpc) is 3.58. The normalized spacial score (nSPS) is 15.8. The molecule has 0 saturated carbocycles. The van der Waals surface area contributed by atoms with Gasteiger partial charge in [-0.2, -0.15) is 0 Å². The molecule has 9 nitrogen and oxygen atoms in total. The predicted molar refractivity (Wildman–Crippen MR) is 203 cm³/mol. The highest BCUT2D eigenvalue weighted by Crippen LogP contribution is 2.45. The summed E-state index contributed by atoms with van der Waals surface area (Å²) in [7, 11) is 6.44. The first-order valence-electron chi connectivity index (χ1n) is 17.3. The molecule has 2 N–H and O–H groups in total. The largest absolute Gasteiger partial charge is 0.497 e. The van der Waals surface area contributed by atoms with E-state index in [1.54, 1.807) is 42.0 Å². The fourth-order valence-electron chi connectivity index (χ4n) is 6.41. The number of β-amino-alcohol motifs (C(OH)–C–C–N with tert-alkyl or cyclic N) is 1. The molecule has 3 aromatic carbocycles. The molecule has 0 spiro atoms. The van der Waals surface area contributed by atoms with Gasteiger partial charge >= 0.3 is 0 Å². The number of methoxy groups -OCH3 is 2. The van der Waals surface area contributed by atoms with Gasteiger partial charge in [0.2, 0.25) is 11.8 Å². The quantitative estimate of drug-likeness (QED) is 0.0777. The van der Waals surface area contributed by atoms with Crippen molar-refractivity contribution < 1.29 is 28.9 Å². The first-order chi connectivity index (χ1) is 24.9. The number of aliphatic hydroxyl groups is 1. The zero-order valence-corrected chi connectivity index (χ0v) is 30.9. The van der Waals surface area contributed by atoms with E-state index in [-0.39, 0.29) is 18.4 Å². The fraction of sp³-hybridized carbons (Fsp3) is 0.375. The SMILES string of the molecule is COc1ccc(C(OCc2ccccc2)(c2ccc(OC)cc2)C2CC(O)CN2C(=O)CCCCCNC(=O)CCSSc2ccccn2)cc1. The van der Waals surface area contributed by atoms with Crippen molar-refractivity contribution in [1.29, 1.82) is 0 Å². The second kappa shape index (κ2) is 19.5. The van der Waals surface area contributed by atoms with Gasteiger partial charge in [0, 0.05) is 37.9 Å². The van der Waals surface area contributed by atoms with Crippen LogP contribution in [0, 0.1) is 0 Å². The number of benzene rings is 3. The summed E-state index contributed by atoms with van der Waals surface area (Å²) in [5.74, 6) is 2.11. The summed E-state index contributed by atoms with van der Waals surface area (Å²) in [6, 6.07) is 30.8. The van der Waals surface area contributed by atoms with Crippen LogP contribution >= 0.6 is 21.6 Å². The minimum atomic E-state index is -1.11. The standard InChI is InChI=1S/C40H47N3O6S2/c1-47-34-19-15-31(16-20-34)40(32-17-21-35(48-2)22-18-32,49-29-30-11-5-3-6-12-30)36-27-33(44)28-43(36)39(46)14-7-4-9-24-41-37(45)23-26-50-51-38-13-8-10-25-42-38/h3,5-6,8,10-13,15-22,25,33,36,44H,4,7,9,14,23-24,26-29H2,1-2H3,(H,41,45). The van der Waals surface area contributed by atoms with Crippen molar-refractivity contribution in [3.8, 4) is 11.5 Å². The zero-order chi connectivity index (χ0) is 35.9. The lowest BCUT2D eigenvalue weighted by atomic mass is 9.78. The molecule has 1 aliphatic rings. The Balaban J connectivity index is 1.25. The predicted octanol–water partition coefficient (Wildman–Crippen LogP) is 7.03. The lowest BCUT2D eigenvalue weighted by Gasteiger charge is -2.44. The number of rotatable bonds is 19. The second-order valence-corrected chi connectivity index (χ2v) is 14.8. The van der Waals surface area contributed by atoms with Crippen LogP contribution in [0.1, 0.15) is 55.2 Å². The van der Waals surface area contributed by atoms with E-state index in [0.717, 1.165) is 34.6 Å². The average molecular weight is 730 g/mol. The monoisotopic (exact) mass is 729 g/mol. The van der Waals surface area contributed by atoms with Gasteiger partial charge in [0.25, 0.3) is 0 Å². The van der Waals surface area contributed by atoms with Crippen molar-refractivity contribution in [1.82, 2.24) is 15.2 Å². The van der Waals surface area contributed by atoms with Gasteiger partial charge in [-0.15, -0.1) is 0 Å². The molecule has 1 aliphatic heterocycles. The molecular weight excluding hydrogens is 683 g/mol. The molecule has 2 heterocycles. The molecule has 2 unspecified atom stereocenters. The van der Waals surface area contributed by atoms with Crippen LogP contribution in [0.4, 0.5) is 0 Å². The van der Waals surface area contributed by atoms with E-state index in [1.165, 1.54) is 0 Å². The minimum absolute atomic E-state index is 0.0259. The van der Waals surface area contributed by atoms with Crippen LogP contribution in [-0.4, -0.2) is 72.0 Å². The molecule has 11 heteroatoms. The number of carbonyl (C=O) groups excluding carboxylic acids is 2. The maximum Gasteiger partial charge on any atom is 0.223 e. The third-order valence-electron chi connectivity index (χ3n) is 9.00. The molecule has 4 aromatic rings. The van der Waals surface area contributed by atoms with Gasteiger partial charge in [-0.3, -0.25) is 9.59 Å². The molecule has 0 bridgehead atoms. The minimum Gasteiger partial charge on any atom is -0.497 e. The molecule has 0 radical (unpaired) electrons. The summed E-state index contributed by atoms with van der Waals surface area (Å²) in [6.07, 6.45) is 4.43. The van der Waals surface area contributed by atoms with E-state index in [9.17, 15) is 14.7 Å². The maximum absolute atomic E-state index is 14.0. The molecule has 0 aliphatic carbocycles. The molecule has 2 amide bonds. The molecule has 1 fully saturated rings. The zero-order valence-electron chi connectivity index (χ0n) is 29.2. The number of ether oxygens (including phenoxy) is 3. The Bertz CT molecular complexity index is 1600. The number of hydrogen-bond acceptors (Lipinski definition) is 9. The van der Waals surface area contributed by atoms with Crippen LogP contribution in [-0.2, 0) is 26.5 Å². The molecular formula is C40H47N3O6S2. The summed E-state index contributed by atoms with van der Waals surface area (Å²) >= 11 is 0. The van der Waals surface area contributed by atoms with E-state index in [1.807, 2.05) is 102 Å². The number of aliphatic hydroxyl groups excluding tert-OH is 1. The number of aromatic nitrogens is 1. The Kier molecular flexibility index (Phi) is 14.6. The molecule has 1 saturated heterocycles. The Morgan fingerprint density at radius 3 is 2.16 bits per heavy atom. The van der Waals surface area contributed by atoms with E-state index in [2.05, 4.69) is 10.3 Å². The van der Waals surface area contributed by atoms with E-state index >= 15 is 0 Å². The van der Waals surface area contributed by atoms with Crippen molar-refractivity contribution in [3.05, 3.63) is 120 Å². The summed E-state index contributed by atoms with van der Waals surface area (Å²) in [6.45, 7) is 1.08. The van der Waals surface area contributed by atoms with Crippen molar-refractivity contribution in [3.63, 3.8) is 0 Å². The lowest BCUT2D eigenvalue weighted by molar-refractivity contribution is -0.141. The van der Waals surface area contributed by atoms with Gasteiger partial charge < -0.3 is 29.5 Å². The van der Waals surface area contributed by atoms with Gasteiger partial charge in [0.15, 0.2) is 0 Å². The van der Waals surface area contributed by atoms with Crippen molar-refractivity contribution in [2.24, 2.45) is 0 Å². The first kappa shape index (κ1) is 38.2. The number of nitrogens with one attached hydrogen (secondary N) is 1. The summed E-state index contributed by atoms with van der Waals surface area (Å²) < 4.78 is 18.0. The van der Waals surface area contributed by atoms with Crippen LogP contribution in [0.2, 0.25) is 0 Å². The number of nitrogens with zero attached hydrogens (tertiary/aromatic N) is 2. The van der Waals surface area contributed by atoms with Gasteiger partial charge in [0.05, 0.1) is 33.0 Å². The number of likely N-dealkylation sites (tertiary alicyclic amines) is 1. The Labute approximate surface area is 308 Å². The van der Waals surface area contributed by atoms with Crippen molar-refractivity contribution >= 4 is 33.4 Å². The van der Waals surface area contributed by atoms with Gasteiger partial charge in [0.1, 0.15) is 22.1 Å². The van der Waals surface area contributed by atoms with E-state index in [4.69, 9.17) is 14.2 Å².